The number of carbonyl (C=O) groups is 1. The van der Waals surface area contributed by atoms with Crippen molar-refractivity contribution in [2.24, 2.45) is 0 Å². The lowest BCUT2D eigenvalue weighted by molar-refractivity contribution is -0.148. The minimum absolute atomic E-state index is 0.405. The lowest BCUT2D eigenvalue weighted by atomic mass is 9.77. The molecule has 2 N–H and O–H groups in total. The van der Waals surface area contributed by atoms with Gasteiger partial charge in [-0.1, -0.05) is 6.92 Å². The molecule has 1 saturated heterocycles. The molecule has 2 fully saturated rings. The summed E-state index contributed by atoms with van der Waals surface area (Å²) in [6.45, 7) is 8.38. The highest BCUT2D eigenvalue weighted by Crippen LogP contribution is 2.33. The molecule has 0 radical (unpaired) electrons. The molecular weight excluding hydrogens is 266 g/mol. The summed E-state index contributed by atoms with van der Waals surface area (Å²) in [7, 11) is 2.17. The Bertz CT molecular complexity index is 363. The molecule has 5 heteroatoms. The van der Waals surface area contributed by atoms with E-state index in [2.05, 4.69) is 36.0 Å². The molecule has 1 saturated carbocycles. The van der Waals surface area contributed by atoms with Crippen LogP contribution < -0.4 is 5.32 Å². The van der Waals surface area contributed by atoms with E-state index in [1.54, 1.807) is 0 Å². The van der Waals surface area contributed by atoms with Gasteiger partial charge in [0.2, 0.25) is 0 Å². The Morgan fingerprint density at radius 1 is 1.43 bits per heavy atom. The first kappa shape index (κ1) is 16.7. The van der Waals surface area contributed by atoms with Gasteiger partial charge in [-0.25, -0.2) is 0 Å². The molecule has 0 aromatic rings. The first-order valence-electron chi connectivity index (χ1n) is 8.41. The van der Waals surface area contributed by atoms with Gasteiger partial charge in [0.15, 0.2) is 0 Å². The second-order valence-corrected chi connectivity index (χ2v) is 6.91. The number of carboxylic acids is 1. The summed E-state index contributed by atoms with van der Waals surface area (Å²) in [5.74, 6) is -0.664. The summed E-state index contributed by atoms with van der Waals surface area (Å²) in [5, 5.41) is 13.1. The van der Waals surface area contributed by atoms with Crippen LogP contribution in [0.4, 0.5) is 0 Å². The van der Waals surface area contributed by atoms with Crippen LogP contribution in [-0.4, -0.2) is 71.7 Å². The van der Waals surface area contributed by atoms with Gasteiger partial charge in [0.25, 0.3) is 0 Å². The molecule has 1 aliphatic heterocycles. The molecule has 1 aliphatic carbocycles. The van der Waals surface area contributed by atoms with Crippen LogP contribution in [-0.2, 0) is 4.79 Å². The van der Waals surface area contributed by atoms with Crippen LogP contribution in [0.3, 0.4) is 0 Å². The summed E-state index contributed by atoms with van der Waals surface area (Å²) < 4.78 is 0. The van der Waals surface area contributed by atoms with Gasteiger partial charge in [0.1, 0.15) is 5.54 Å². The zero-order chi connectivity index (χ0) is 15.5. The Balaban J connectivity index is 2.06. The van der Waals surface area contributed by atoms with Gasteiger partial charge in [-0.3, -0.25) is 9.69 Å². The summed E-state index contributed by atoms with van der Waals surface area (Å²) in [5.41, 5.74) is -0.706. The van der Waals surface area contributed by atoms with Crippen molar-refractivity contribution < 1.29 is 9.90 Å². The number of rotatable bonds is 5. The maximum Gasteiger partial charge on any atom is 0.323 e. The van der Waals surface area contributed by atoms with Crippen LogP contribution in [0, 0.1) is 0 Å². The highest BCUT2D eigenvalue weighted by atomic mass is 16.4. The smallest absolute Gasteiger partial charge is 0.323 e. The maximum absolute atomic E-state index is 11.9. The van der Waals surface area contributed by atoms with Gasteiger partial charge in [-0.15, -0.1) is 0 Å². The molecule has 2 rings (SSSR count). The molecule has 2 aliphatic rings. The highest BCUT2D eigenvalue weighted by molar-refractivity contribution is 5.79. The molecular formula is C16H31N3O2. The molecule has 5 nitrogen and oxygen atoms in total. The number of hydrogen-bond acceptors (Lipinski definition) is 4. The van der Waals surface area contributed by atoms with Gasteiger partial charge < -0.3 is 15.3 Å². The van der Waals surface area contributed by atoms with E-state index >= 15 is 0 Å². The standard InChI is InChI=1S/C16H31N3O2/c1-4-8-17-16(15(20)21)7-5-6-14(11-16)19-10-9-18(3)12-13(19)2/h13-14,17H,4-12H2,1-3H3,(H,20,21). The normalized spacial score (nSPS) is 35.8. The lowest BCUT2D eigenvalue weighted by Crippen LogP contribution is -2.62. The first-order valence-corrected chi connectivity index (χ1v) is 8.41. The summed E-state index contributed by atoms with van der Waals surface area (Å²) in [6, 6.07) is 0.924. The maximum atomic E-state index is 11.9. The van der Waals surface area contributed by atoms with Gasteiger partial charge in [-0.05, 0) is 52.6 Å². The summed E-state index contributed by atoms with van der Waals surface area (Å²) >= 11 is 0. The molecule has 122 valence electrons. The van der Waals surface area contributed by atoms with Crippen molar-refractivity contribution >= 4 is 5.97 Å². The SMILES string of the molecule is CCCNC1(C(=O)O)CCCC(N2CCN(C)CC2C)C1. The van der Waals surface area contributed by atoms with Crippen molar-refractivity contribution in [3.63, 3.8) is 0 Å². The molecule has 21 heavy (non-hydrogen) atoms. The lowest BCUT2D eigenvalue weighted by Gasteiger charge is -2.48. The summed E-state index contributed by atoms with van der Waals surface area (Å²) in [4.78, 5) is 16.8. The van der Waals surface area contributed by atoms with Crippen LogP contribution in [0.2, 0.25) is 0 Å². The minimum Gasteiger partial charge on any atom is -0.480 e. The van der Waals surface area contributed by atoms with Crippen LogP contribution in [0.5, 0.6) is 0 Å². The number of likely N-dealkylation sites (N-methyl/N-ethyl adjacent to an activating group) is 1. The summed E-state index contributed by atoms with van der Waals surface area (Å²) in [6.07, 6.45) is 4.63. The second kappa shape index (κ2) is 7.07. The van der Waals surface area contributed by atoms with Crippen molar-refractivity contribution in [1.29, 1.82) is 0 Å². The zero-order valence-electron chi connectivity index (χ0n) is 13.8. The van der Waals surface area contributed by atoms with E-state index in [-0.39, 0.29) is 0 Å². The van der Waals surface area contributed by atoms with E-state index in [1.165, 1.54) is 0 Å². The average molecular weight is 297 g/mol. The van der Waals surface area contributed by atoms with Crippen LogP contribution in [0.25, 0.3) is 0 Å². The van der Waals surface area contributed by atoms with Crippen molar-refractivity contribution in [1.82, 2.24) is 15.1 Å². The van der Waals surface area contributed by atoms with Crippen LogP contribution in [0.15, 0.2) is 0 Å². The predicted molar refractivity (Wildman–Crippen MR) is 84.6 cm³/mol. The Kier molecular flexibility index (Phi) is 5.63. The average Bonchev–Trinajstić information content (AvgIpc) is 2.45. The molecule has 0 spiro atoms. The van der Waals surface area contributed by atoms with Crippen molar-refractivity contribution in [2.75, 3.05) is 33.2 Å². The Morgan fingerprint density at radius 3 is 2.81 bits per heavy atom. The van der Waals surface area contributed by atoms with E-state index in [1.807, 2.05) is 0 Å². The third kappa shape index (κ3) is 3.76. The van der Waals surface area contributed by atoms with Gasteiger partial charge in [0.05, 0.1) is 0 Å². The van der Waals surface area contributed by atoms with Crippen LogP contribution in [0.1, 0.15) is 46.0 Å². The van der Waals surface area contributed by atoms with Crippen molar-refractivity contribution in [2.45, 2.75) is 63.6 Å². The van der Waals surface area contributed by atoms with Gasteiger partial charge >= 0.3 is 5.97 Å². The number of hydrogen-bond donors (Lipinski definition) is 2. The topological polar surface area (TPSA) is 55.8 Å². The number of aliphatic carboxylic acids is 1. The fraction of sp³-hybridized carbons (Fsp3) is 0.938. The molecule has 3 atom stereocenters. The monoisotopic (exact) mass is 297 g/mol. The fourth-order valence-corrected chi connectivity index (χ4v) is 4.02. The van der Waals surface area contributed by atoms with Crippen LogP contribution >= 0.6 is 0 Å². The largest absolute Gasteiger partial charge is 0.480 e. The van der Waals surface area contributed by atoms with Crippen molar-refractivity contribution in [3.8, 4) is 0 Å². The second-order valence-electron chi connectivity index (χ2n) is 6.91. The number of nitrogens with zero attached hydrogens (tertiary/aromatic N) is 2. The molecule has 3 unspecified atom stereocenters. The Morgan fingerprint density at radius 2 is 2.19 bits per heavy atom. The predicted octanol–water partition coefficient (Wildman–Crippen LogP) is 1.39. The van der Waals surface area contributed by atoms with Gasteiger partial charge in [0, 0.05) is 31.7 Å². The highest BCUT2D eigenvalue weighted by Gasteiger charge is 2.44. The Hall–Kier alpha value is -0.650. The van der Waals surface area contributed by atoms with Gasteiger partial charge in [-0.2, -0.15) is 0 Å². The first-order chi connectivity index (χ1) is 9.98. The Labute approximate surface area is 128 Å². The zero-order valence-corrected chi connectivity index (χ0v) is 13.8. The number of piperazine rings is 1. The van der Waals surface area contributed by atoms with E-state index in [9.17, 15) is 9.90 Å². The minimum atomic E-state index is -0.706. The third-order valence-corrected chi connectivity index (χ3v) is 5.20. The van der Waals surface area contributed by atoms with E-state index in [0.717, 1.165) is 58.3 Å². The van der Waals surface area contributed by atoms with E-state index in [0.29, 0.717) is 12.1 Å². The fourth-order valence-electron chi connectivity index (χ4n) is 4.02. The van der Waals surface area contributed by atoms with E-state index in [4.69, 9.17) is 0 Å². The van der Waals surface area contributed by atoms with Crippen molar-refractivity contribution in [3.05, 3.63) is 0 Å². The molecule has 0 bridgehead atoms. The number of nitrogens with one attached hydrogen (secondary N) is 1. The number of carboxylic acid groups (broad SMARTS) is 1. The van der Waals surface area contributed by atoms with E-state index < -0.39 is 11.5 Å². The molecule has 1 heterocycles. The molecule has 0 amide bonds. The third-order valence-electron chi connectivity index (χ3n) is 5.20. The quantitative estimate of drug-likeness (QED) is 0.803. The molecule has 0 aromatic carbocycles. The molecule has 0 aromatic heterocycles.